The lowest BCUT2D eigenvalue weighted by Gasteiger charge is -2.34. The van der Waals surface area contributed by atoms with Crippen molar-refractivity contribution in [3.05, 3.63) is 53.7 Å². The van der Waals surface area contributed by atoms with E-state index < -0.39 is 0 Å². The number of fused-ring (bicyclic) bond motifs is 1. The number of piperazine rings is 1. The number of para-hydroxylation sites is 1. The summed E-state index contributed by atoms with van der Waals surface area (Å²) in [5, 5.41) is 6.79. The molecule has 2 aliphatic heterocycles. The molecule has 0 bridgehead atoms. The predicted octanol–water partition coefficient (Wildman–Crippen LogP) is 2.51. The Morgan fingerprint density at radius 3 is 2.71 bits per heavy atom. The van der Waals surface area contributed by atoms with Crippen molar-refractivity contribution in [3.63, 3.8) is 0 Å². The maximum atomic E-state index is 6.00. The van der Waals surface area contributed by atoms with Crippen molar-refractivity contribution >= 4 is 35.8 Å². The van der Waals surface area contributed by atoms with Gasteiger partial charge in [0, 0.05) is 52.4 Å². The van der Waals surface area contributed by atoms with Gasteiger partial charge < -0.3 is 25.2 Å². The van der Waals surface area contributed by atoms with E-state index in [-0.39, 0.29) is 30.1 Å². The Bertz CT molecular complexity index is 844. The first-order valence-corrected chi connectivity index (χ1v) is 10.9. The lowest BCUT2D eigenvalue weighted by Crippen LogP contribution is -2.46. The maximum Gasteiger partial charge on any atom is 0.191 e. The number of rotatable bonds is 6. The van der Waals surface area contributed by atoms with Gasteiger partial charge in [-0.2, -0.15) is 0 Å². The first kappa shape index (κ1) is 23.6. The molecule has 1 aromatic heterocycles. The zero-order valence-electron chi connectivity index (χ0n) is 18.4. The second kappa shape index (κ2) is 11.5. The van der Waals surface area contributed by atoms with Gasteiger partial charge >= 0.3 is 0 Å². The predicted molar refractivity (Wildman–Crippen MR) is 137 cm³/mol. The quantitative estimate of drug-likeness (QED) is 0.336. The number of halogens is 1. The number of guanidine groups is 1. The van der Waals surface area contributed by atoms with Gasteiger partial charge in [0.15, 0.2) is 5.96 Å². The monoisotopic (exact) mass is 536 g/mol. The summed E-state index contributed by atoms with van der Waals surface area (Å²) in [5.74, 6) is 2.84. The average molecular weight is 536 g/mol. The van der Waals surface area contributed by atoms with E-state index in [0.29, 0.717) is 6.54 Å². The molecule has 0 aliphatic carbocycles. The Hall–Kier alpha value is -2.07. The lowest BCUT2D eigenvalue weighted by molar-refractivity contribution is 0.235. The summed E-state index contributed by atoms with van der Waals surface area (Å²) < 4.78 is 6.00. The van der Waals surface area contributed by atoms with Gasteiger partial charge in [-0.05, 0) is 35.9 Å². The summed E-state index contributed by atoms with van der Waals surface area (Å²) in [6.07, 6.45) is 2.97. The topological polar surface area (TPSA) is 65.0 Å². The first-order chi connectivity index (χ1) is 14.7. The van der Waals surface area contributed by atoms with Crippen LogP contribution in [0.25, 0.3) is 0 Å². The highest BCUT2D eigenvalue weighted by Gasteiger charge is 2.22. The molecule has 1 saturated heterocycles. The highest BCUT2D eigenvalue weighted by molar-refractivity contribution is 14.0. The molecule has 0 amide bonds. The normalized spacial score (nSPS) is 18.7. The number of pyridine rings is 1. The Labute approximate surface area is 202 Å². The minimum atomic E-state index is 0. The second-order valence-corrected chi connectivity index (χ2v) is 7.80. The molecule has 7 nitrogen and oxygen atoms in total. The molecule has 1 unspecified atom stereocenters. The molecule has 2 aliphatic rings. The molecular weight excluding hydrogens is 503 g/mol. The van der Waals surface area contributed by atoms with Crippen molar-refractivity contribution in [2.45, 2.75) is 26.0 Å². The Morgan fingerprint density at radius 2 is 1.97 bits per heavy atom. The smallest absolute Gasteiger partial charge is 0.191 e. The molecular formula is C23H33IN6O. The number of hydrogen-bond donors (Lipinski definition) is 2. The third kappa shape index (κ3) is 6.22. The number of hydrogen-bond acceptors (Lipinski definition) is 5. The summed E-state index contributed by atoms with van der Waals surface area (Å²) in [6.45, 7) is 9.03. The SMILES string of the molecule is CCN1CCN(c2cc(CNC(=NC)NCC3Cc4ccccc4O3)ccn2)CC1.I. The van der Waals surface area contributed by atoms with Crippen LogP contribution in [-0.4, -0.2) is 68.3 Å². The maximum absolute atomic E-state index is 6.00. The van der Waals surface area contributed by atoms with Gasteiger partial charge in [-0.25, -0.2) is 4.98 Å². The van der Waals surface area contributed by atoms with Crippen LogP contribution in [0.15, 0.2) is 47.6 Å². The molecule has 1 atom stereocenters. The standard InChI is InChI=1S/C23H32N6O.HI/c1-3-28-10-12-29(13-11-28)22-14-18(8-9-25-22)16-26-23(24-2)27-17-20-15-19-6-4-5-7-21(19)30-20;/h4-9,14,20H,3,10-13,15-17H2,1-2H3,(H2,24,26,27);1H. The minimum absolute atomic E-state index is 0. The highest BCUT2D eigenvalue weighted by atomic mass is 127. The van der Waals surface area contributed by atoms with Crippen molar-refractivity contribution in [2.24, 2.45) is 4.99 Å². The molecule has 8 heteroatoms. The zero-order valence-corrected chi connectivity index (χ0v) is 20.7. The highest BCUT2D eigenvalue weighted by Crippen LogP contribution is 2.27. The van der Waals surface area contributed by atoms with Gasteiger partial charge in [0.25, 0.3) is 0 Å². The molecule has 168 valence electrons. The van der Waals surface area contributed by atoms with Crippen LogP contribution in [0.5, 0.6) is 5.75 Å². The number of ether oxygens (including phenoxy) is 1. The van der Waals surface area contributed by atoms with E-state index in [1.807, 2.05) is 18.3 Å². The van der Waals surface area contributed by atoms with Crippen molar-refractivity contribution in [3.8, 4) is 5.75 Å². The van der Waals surface area contributed by atoms with E-state index in [4.69, 9.17) is 4.74 Å². The van der Waals surface area contributed by atoms with Gasteiger partial charge in [0.05, 0.1) is 6.54 Å². The summed E-state index contributed by atoms with van der Waals surface area (Å²) in [7, 11) is 1.80. The van der Waals surface area contributed by atoms with Gasteiger partial charge in [0.2, 0.25) is 0 Å². The number of benzene rings is 1. The van der Waals surface area contributed by atoms with E-state index in [0.717, 1.165) is 63.2 Å². The molecule has 0 spiro atoms. The Balaban J connectivity index is 0.00000272. The summed E-state index contributed by atoms with van der Waals surface area (Å²) in [5.41, 5.74) is 2.47. The lowest BCUT2D eigenvalue weighted by atomic mass is 10.1. The summed E-state index contributed by atoms with van der Waals surface area (Å²) in [6, 6.07) is 12.5. The fourth-order valence-electron chi connectivity index (χ4n) is 4.02. The van der Waals surface area contributed by atoms with Gasteiger partial charge in [0.1, 0.15) is 17.7 Å². The van der Waals surface area contributed by atoms with Crippen molar-refractivity contribution in [1.82, 2.24) is 20.5 Å². The number of nitrogens with one attached hydrogen (secondary N) is 2. The van der Waals surface area contributed by atoms with Crippen LogP contribution in [0.3, 0.4) is 0 Å². The number of anilines is 1. The molecule has 2 aromatic rings. The summed E-state index contributed by atoms with van der Waals surface area (Å²) >= 11 is 0. The number of aromatic nitrogens is 1. The van der Waals surface area contributed by atoms with E-state index in [9.17, 15) is 0 Å². The van der Waals surface area contributed by atoms with Crippen molar-refractivity contribution in [2.75, 3.05) is 51.2 Å². The van der Waals surface area contributed by atoms with E-state index >= 15 is 0 Å². The molecule has 0 saturated carbocycles. The van der Waals surface area contributed by atoms with E-state index in [2.05, 4.69) is 61.6 Å². The van der Waals surface area contributed by atoms with Crippen LogP contribution in [0.1, 0.15) is 18.1 Å². The van der Waals surface area contributed by atoms with Crippen LogP contribution >= 0.6 is 24.0 Å². The third-order valence-corrected chi connectivity index (χ3v) is 5.85. The molecule has 0 radical (unpaired) electrons. The van der Waals surface area contributed by atoms with Gasteiger partial charge in [-0.3, -0.25) is 4.99 Å². The van der Waals surface area contributed by atoms with Crippen molar-refractivity contribution < 1.29 is 4.74 Å². The first-order valence-electron chi connectivity index (χ1n) is 10.9. The zero-order chi connectivity index (χ0) is 20.8. The Morgan fingerprint density at radius 1 is 1.16 bits per heavy atom. The molecule has 31 heavy (non-hydrogen) atoms. The molecule has 1 aromatic carbocycles. The van der Waals surface area contributed by atoms with E-state index in [1.54, 1.807) is 7.05 Å². The van der Waals surface area contributed by atoms with Gasteiger partial charge in [-0.1, -0.05) is 25.1 Å². The van der Waals surface area contributed by atoms with Crippen LogP contribution in [0.4, 0.5) is 5.82 Å². The molecule has 2 N–H and O–H groups in total. The second-order valence-electron chi connectivity index (χ2n) is 7.80. The summed E-state index contributed by atoms with van der Waals surface area (Å²) in [4.78, 5) is 13.8. The average Bonchev–Trinajstić information content (AvgIpc) is 3.22. The fourth-order valence-corrected chi connectivity index (χ4v) is 4.02. The van der Waals surface area contributed by atoms with Crippen LogP contribution in [0.2, 0.25) is 0 Å². The van der Waals surface area contributed by atoms with Crippen LogP contribution in [-0.2, 0) is 13.0 Å². The van der Waals surface area contributed by atoms with Crippen LogP contribution < -0.4 is 20.3 Å². The molecule has 1 fully saturated rings. The Kier molecular flexibility index (Phi) is 8.77. The molecule has 3 heterocycles. The van der Waals surface area contributed by atoms with Crippen LogP contribution in [0, 0.1) is 0 Å². The van der Waals surface area contributed by atoms with E-state index in [1.165, 1.54) is 11.1 Å². The van der Waals surface area contributed by atoms with Crippen molar-refractivity contribution in [1.29, 1.82) is 0 Å². The number of aliphatic imine (C=N–C) groups is 1. The third-order valence-electron chi connectivity index (χ3n) is 5.85. The fraction of sp³-hybridized carbons (Fsp3) is 0.478. The largest absolute Gasteiger partial charge is 0.488 e. The molecule has 4 rings (SSSR count). The number of likely N-dealkylation sites (N-methyl/N-ethyl adjacent to an activating group) is 1. The minimum Gasteiger partial charge on any atom is -0.488 e. The van der Waals surface area contributed by atoms with Gasteiger partial charge in [-0.15, -0.1) is 24.0 Å². The number of nitrogens with zero attached hydrogens (tertiary/aromatic N) is 4.